The van der Waals surface area contributed by atoms with Crippen molar-refractivity contribution in [2.75, 3.05) is 0 Å². The van der Waals surface area contributed by atoms with Crippen molar-refractivity contribution in [3.05, 3.63) is 35.4 Å². The van der Waals surface area contributed by atoms with Crippen LogP contribution in [0.1, 0.15) is 37.7 Å². The first-order valence-electron chi connectivity index (χ1n) is 6.25. The Morgan fingerprint density at radius 1 is 1.24 bits per heavy atom. The Kier molecular flexibility index (Phi) is 4.38. The molecule has 0 nitrogen and oxygen atoms in total. The molecule has 0 N–H and O–H groups in total. The van der Waals surface area contributed by atoms with Crippen molar-refractivity contribution in [3.8, 4) is 0 Å². The number of aryl methyl sites for hydroxylation is 1. The van der Waals surface area contributed by atoms with Crippen LogP contribution in [-0.4, -0.2) is 5.38 Å². The van der Waals surface area contributed by atoms with Crippen LogP contribution in [0.2, 0.25) is 0 Å². The van der Waals surface area contributed by atoms with Crippen molar-refractivity contribution in [2.24, 2.45) is 5.92 Å². The molecule has 1 aromatic carbocycles. The fourth-order valence-corrected chi connectivity index (χ4v) is 2.93. The highest BCUT2D eigenvalue weighted by Crippen LogP contribution is 2.32. The van der Waals surface area contributed by atoms with Crippen LogP contribution in [0.25, 0.3) is 0 Å². The third-order valence-corrected chi connectivity index (χ3v) is 4.19. The molecule has 1 aromatic rings. The average Bonchev–Trinajstić information content (AvgIpc) is 2.81. The third-order valence-electron chi connectivity index (χ3n) is 3.62. The molecule has 2 rings (SSSR count). The molecule has 0 spiro atoms. The van der Waals surface area contributed by atoms with Gasteiger partial charge < -0.3 is 0 Å². The topological polar surface area (TPSA) is 0 Å². The van der Waals surface area contributed by atoms with Gasteiger partial charge in [0.05, 0.1) is 0 Å². The molecular weight excluding hydrogens is 242 g/mol. The fourth-order valence-electron chi connectivity index (χ4n) is 2.57. The molecule has 1 aliphatic rings. The maximum Gasteiger partial charge on any atom is 0.129 e. The molecule has 0 bridgehead atoms. The van der Waals surface area contributed by atoms with Gasteiger partial charge in [-0.2, -0.15) is 0 Å². The van der Waals surface area contributed by atoms with Crippen molar-refractivity contribution in [1.82, 2.24) is 0 Å². The molecule has 0 amide bonds. The Labute approximate surface area is 106 Å². The van der Waals surface area contributed by atoms with E-state index in [1.54, 1.807) is 0 Å². The van der Waals surface area contributed by atoms with E-state index in [9.17, 15) is 8.78 Å². The van der Waals surface area contributed by atoms with E-state index in [1.807, 2.05) is 0 Å². The number of halogens is 3. The zero-order chi connectivity index (χ0) is 12.3. The van der Waals surface area contributed by atoms with Crippen LogP contribution >= 0.6 is 11.6 Å². The molecule has 0 heterocycles. The number of rotatable bonds is 4. The molecule has 1 aliphatic carbocycles. The van der Waals surface area contributed by atoms with Gasteiger partial charge in [0, 0.05) is 11.4 Å². The first-order valence-corrected chi connectivity index (χ1v) is 6.68. The lowest BCUT2D eigenvalue weighted by atomic mass is 9.97. The van der Waals surface area contributed by atoms with Gasteiger partial charge in [-0.3, -0.25) is 0 Å². The summed E-state index contributed by atoms with van der Waals surface area (Å²) in [7, 11) is 0. The standard InChI is InChI=1S/C14H17ClF2/c15-13(10-3-1-2-4-10)8-6-11-5-7-12(16)9-14(11)17/h5,7,9-10,13H,1-4,6,8H2. The summed E-state index contributed by atoms with van der Waals surface area (Å²) in [6.07, 6.45) is 6.28. The van der Waals surface area contributed by atoms with Gasteiger partial charge in [0.2, 0.25) is 0 Å². The van der Waals surface area contributed by atoms with Gasteiger partial charge in [-0.05, 0) is 43.2 Å². The van der Waals surface area contributed by atoms with Gasteiger partial charge in [0.25, 0.3) is 0 Å². The van der Waals surface area contributed by atoms with Crippen LogP contribution < -0.4 is 0 Å². The summed E-state index contributed by atoms with van der Waals surface area (Å²) in [5.41, 5.74) is 0.565. The maximum atomic E-state index is 13.4. The summed E-state index contributed by atoms with van der Waals surface area (Å²) in [5.74, 6) is -0.398. The number of alkyl halides is 1. The predicted octanol–water partition coefficient (Wildman–Crippen LogP) is 4.70. The van der Waals surface area contributed by atoms with Crippen molar-refractivity contribution < 1.29 is 8.78 Å². The van der Waals surface area contributed by atoms with Crippen LogP contribution in [0.3, 0.4) is 0 Å². The Morgan fingerprint density at radius 3 is 2.59 bits per heavy atom. The molecule has 3 heteroatoms. The van der Waals surface area contributed by atoms with E-state index in [4.69, 9.17) is 11.6 Å². The van der Waals surface area contributed by atoms with Crippen molar-refractivity contribution in [2.45, 2.75) is 43.9 Å². The van der Waals surface area contributed by atoms with E-state index in [2.05, 4.69) is 0 Å². The molecule has 94 valence electrons. The summed E-state index contributed by atoms with van der Waals surface area (Å²) in [5, 5.41) is 0.127. The second-order valence-corrected chi connectivity index (χ2v) is 5.40. The van der Waals surface area contributed by atoms with Gasteiger partial charge in [-0.25, -0.2) is 8.78 Å². The average molecular weight is 259 g/mol. The highest BCUT2D eigenvalue weighted by Gasteiger charge is 2.23. The largest absolute Gasteiger partial charge is 0.207 e. The Hall–Kier alpha value is -0.630. The van der Waals surface area contributed by atoms with E-state index >= 15 is 0 Å². The minimum atomic E-state index is -0.524. The van der Waals surface area contributed by atoms with Gasteiger partial charge >= 0.3 is 0 Å². The Morgan fingerprint density at radius 2 is 1.94 bits per heavy atom. The molecule has 0 saturated heterocycles. The quantitative estimate of drug-likeness (QED) is 0.687. The first kappa shape index (κ1) is 12.8. The number of benzene rings is 1. The molecule has 1 atom stereocenters. The zero-order valence-corrected chi connectivity index (χ0v) is 10.5. The summed E-state index contributed by atoms with van der Waals surface area (Å²) in [4.78, 5) is 0. The maximum absolute atomic E-state index is 13.4. The van der Waals surface area contributed by atoms with Crippen LogP contribution in [0.15, 0.2) is 18.2 Å². The van der Waals surface area contributed by atoms with E-state index in [-0.39, 0.29) is 5.38 Å². The summed E-state index contributed by atoms with van der Waals surface area (Å²) in [6, 6.07) is 3.76. The van der Waals surface area contributed by atoms with E-state index in [1.165, 1.54) is 37.8 Å². The monoisotopic (exact) mass is 258 g/mol. The van der Waals surface area contributed by atoms with Crippen LogP contribution in [0.5, 0.6) is 0 Å². The molecule has 0 radical (unpaired) electrons. The summed E-state index contributed by atoms with van der Waals surface area (Å²) in [6.45, 7) is 0. The van der Waals surface area contributed by atoms with Crippen LogP contribution in [-0.2, 0) is 6.42 Å². The molecule has 0 aliphatic heterocycles. The molecule has 1 unspecified atom stereocenters. The van der Waals surface area contributed by atoms with Crippen molar-refractivity contribution >= 4 is 11.6 Å². The molecule has 1 fully saturated rings. The minimum Gasteiger partial charge on any atom is -0.207 e. The third kappa shape index (κ3) is 3.41. The van der Waals surface area contributed by atoms with Gasteiger partial charge in [0.15, 0.2) is 0 Å². The second-order valence-electron chi connectivity index (χ2n) is 4.83. The summed E-state index contributed by atoms with van der Waals surface area (Å²) >= 11 is 6.32. The van der Waals surface area contributed by atoms with Crippen LogP contribution in [0, 0.1) is 17.6 Å². The SMILES string of the molecule is Fc1ccc(CCC(Cl)C2CCCC2)c(F)c1. The number of hydrogen-bond donors (Lipinski definition) is 0. The lowest BCUT2D eigenvalue weighted by Gasteiger charge is -2.16. The number of hydrogen-bond acceptors (Lipinski definition) is 0. The first-order chi connectivity index (χ1) is 8.16. The Balaban J connectivity index is 1.88. The van der Waals surface area contributed by atoms with Crippen molar-refractivity contribution in [1.29, 1.82) is 0 Å². The lowest BCUT2D eigenvalue weighted by Crippen LogP contribution is -2.12. The minimum absolute atomic E-state index is 0.127. The van der Waals surface area contributed by atoms with Gasteiger partial charge in [-0.15, -0.1) is 11.6 Å². The molecular formula is C14H17ClF2. The zero-order valence-electron chi connectivity index (χ0n) is 9.76. The van der Waals surface area contributed by atoms with E-state index < -0.39 is 11.6 Å². The second kappa shape index (κ2) is 5.81. The predicted molar refractivity (Wildman–Crippen MR) is 66.3 cm³/mol. The Bertz CT molecular complexity index is 372. The van der Waals surface area contributed by atoms with Gasteiger partial charge in [0.1, 0.15) is 11.6 Å². The lowest BCUT2D eigenvalue weighted by molar-refractivity contribution is 0.487. The van der Waals surface area contributed by atoms with Crippen LogP contribution in [0.4, 0.5) is 8.78 Å². The highest BCUT2D eigenvalue weighted by molar-refractivity contribution is 6.20. The highest BCUT2D eigenvalue weighted by atomic mass is 35.5. The van der Waals surface area contributed by atoms with Crippen molar-refractivity contribution in [3.63, 3.8) is 0 Å². The van der Waals surface area contributed by atoms with E-state index in [0.29, 0.717) is 17.9 Å². The smallest absolute Gasteiger partial charge is 0.129 e. The normalized spacial score (nSPS) is 18.5. The van der Waals surface area contributed by atoms with Gasteiger partial charge in [-0.1, -0.05) is 18.9 Å². The summed E-state index contributed by atoms with van der Waals surface area (Å²) < 4.78 is 26.1. The van der Waals surface area contributed by atoms with E-state index in [0.717, 1.165) is 12.5 Å². The molecule has 17 heavy (non-hydrogen) atoms. The molecule has 1 saturated carbocycles. The molecule has 0 aromatic heterocycles. The fraction of sp³-hybridized carbons (Fsp3) is 0.571.